The van der Waals surface area contributed by atoms with Crippen molar-refractivity contribution in [3.63, 3.8) is 0 Å². The second-order valence-electron chi connectivity index (χ2n) is 6.19. The molecule has 4 nitrogen and oxygen atoms in total. The number of hydrogen-bond donors (Lipinski definition) is 2. The Labute approximate surface area is 120 Å². The van der Waals surface area contributed by atoms with Crippen LogP contribution in [0, 0.1) is 11.8 Å². The zero-order valence-electron chi connectivity index (χ0n) is 12.1. The summed E-state index contributed by atoms with van der Waals surface area (Å²) >= 11 is 0. The van der Waals surface area contributed by atoms with Gasteiger partial charge in [0.05, 0.1) is 17.4 Å². The summed E-state index contributed by atoms with van der Waals surface area (Å²) in [5.74, 6) is 7.32. The predicted octanol–water partition coefficient (Wildman–Crippen LogP) is 2.69. The first-order valence-electron chi connectivity index (χ1n) is 7.64. The molecule has 0 aliphatic heterocycles. The Hall–Kier alpha value is -1.39. The fourth-order valence-electron chi connectivity index (χ4n) is 3.55. The van der Waals surface area contributed by atoms with Crippen LogP contribution in [0.1, 0.15) is 32.6 Å². The third-order valence-electron chi connectivity index (χ3n) is 4.68. The van der Waals surface area contributed by atoms with E-state index >= 15 is 0 Å². The number of para-hydroxylation sites is 2. The van der Waals surface area contributed by atoms with Gasteiger partial charge < -0.3 is 4.57 Å². The molecule has 1 aliphatic carbocycles. The quantitative estimate of drug-likeness (QED) is 0.664. The first kappa shape index (κ1) is 13.6. The lowest BCUT2D eigenvalue weighted by atomic mass is 9.78. The summed E-state index contributed by atoms with van der Waals surface area (Å²) in [6.07, 6.45) is 7.19. The highest BCUT2D eigenvalue weighted by atomic mass is 15.3. The van der Waals surface area contributed by atoms with Crippen LogP contribution in [0.15, 0.2) is 30.6 Å². The Morgan fingerprint density at radius 2 is 2.25 bits per heavy atom. The number of nitrogens with one attached hydrogen (secondary N) is 1. The number of fused-ring (bicyclic) bond motifs is 1. The van der Waals surface area contributed by atoms with Crippen molar-refractivity contribution in [2.45, 2.75) is 45.2 Å². The van der Waals surface area contributed by atoms with E-state index in [4.69, 9.17) is 5.84 Å². The predicted molar refractivity (Wildman–Crippen MR) is 82.0 cm³/mol. The molecule has 20 heavy (non-hydrogen) atoms. The fourth-order valence-corrected chi connectivity index (χ4v) is 3.55. The van der Waals surface area contributed by atoms with Gasteiger partial charge in [-0.1, -0.05) is 31.9 Å². The summed E-state index contributed by atoms with van der Waals surface area (Å²) in [5.41, 5.74) is 5.29. The molecule has 4 heteroatoms. The minimum absolute atomic E-state index is 0.329. The fraction of sp³-hybridized carbons (Fsp3) is 0.562. The lowest BCUT2D eigenvalue weighted by Crippen LogP contribution is -2.45. The van der Waals surface area contributed by atoms with Gasteiger partial charge in [-0.15, -0.1) is 0 Å². The van der Waals surface area contributed by atoms with Gasteiger partial charge in [-0.3, -0.25) is 11.3 Å². The third kappa shape index (κ3) is 2.72. The minimum atomic E-state index is 0.329. The standard InChI is InChI=1S/C16H24N4/c1-12-5-4-6-13(9-12)15(19-17)10-20-11-18-14-7-2-3-8-16(14)20/h2-3,7-8,11-13,15,19H,4-6,9-10,17H2,1H3. The Balaban J connectivity index is 1.77. The van der Waals surface area contributed by atoms with Crippen molar-refractivity contribution in [3.05, 3.63) is 30.6 Å². The Kier molecular flexibility index (Phi) is 4.03. The number of benzene rings is 1. The zero-order chi connectivity index (χ0) is 13.9. The summed E-state index contributed by atoms with van der Waals surface area (Å²) in [6.45, 7) is 3.25. The molecule has 0 saturated heterocycles. The number of hydrazine groups is 1. The second-order valence-corrected chi connectivity index (χ2v) is 6.19. The van der Waals surface area contributed by atoms with Crippen LogP contribution in [0.2, 0.25) is 0 Å². The van der Waals surface area contributed by atoms with E-state index in [1.165, 1.54) is 31.2 Å². The van der Waals surface area contributed by atoms with Crippen molar-refractivity contribution in [1.29, 1.82) is 0 Å². The number of nitrogens with zero attached hydrogens (tertiary/aromatic N) is 2. The van der Waals surface area contributed by atoms with Crippen molar-refractivity contribution >= 4 is 11.0 Å². The van der Waals surface area contributed by atoms with Crippen LogP contribution in [0.4, 0.5) is 0 Å². The molecule has 3 unspecified atom stereocenters. The summed E-state index contributed by atoms with van der Waals surface area (Å²) in [7, 11) is 0. The van der Waals surface area contributed by atoms with E-state index in [0.717, 1.165) is 18.0 Å². The van der Waals surface area contributed by atoms with Gasteiger partial charge in [0.2, 0.25) is 0 Å². The van der Waals surface area contributed by atoms with Crippen molar-refractivity contribution in [1.82, 2.24) is 15.0 Å². The van der Waals surface area contributed by atoms with Gasteiger partial charge in [-0.25, -0.2) is 4.98 Å². The topological polar surface area (TPSA) is 55.9 Å². The summed E-state index contributed by atoms with van der Waals surface area (Å²) in [5, 5.41) is 0. The molecule has 3 N–H and O–H groups in total. The molecule has 1 aromatic heterocycles. The molecule has 3 atom stereocenters. The van der Waals surface area contributed by atoms with E-state index in [9.17, 15) is 0 Å². The molecule has 0 bridgehead atoms. The third-order valence-corrected chi connectivity index (χ3v) is 4.68. The number of imidazole rings is 1. The van der Waals surface area contributed by atoms with Crippen molar-refractivity contribution in [2.24, 2.45) is 17.7 Å². The molecular formula is C16H24N4. The second kappa shape index (κ2) is 5.94. The summed E-state index contributed by atoms with van der Waals surface area (Å²) in [6, 6.07) is 8.60. The molecule has 2 aromatic rings. The van der Waals surface area contributed by atoms with Crippen LogP contribution in [-0.2, 0) is 6.54 Å². The van der Waals surface area contributed by atoms with E-state index in [0.29, 0.717) is 12.0 Å². The van der Waals surface area contributed by atoms with Crippen LogP contribution in [-0.4, -0.2) is 15.6 Å². The van der Waals surface area contributed by atoms with Gasteiger partial charge in [-0.05, 0) is 36.8 Å². The largest absolute Gasteiger partial charge is 0.329 e. The molecule has 3 rings (SSSR count). The molecule has 1 saturated carbocycles. The molecule has 1 aliphatic rings. The minimum Gasteiger partial charge on any atom is -0.329 e. The number of aromatic nitrogens is 2. The highest BCUT2D eigenvalue weighted by molar-refractivity contribution is 5.74. The van der Waals surface area contributed by atoms with Gasteiger partial charge in [0, 0.05) is 12.6 Å². The van der Waals surface area contributed by atoms with Crippen LogP contribution in [0.3, 0.4) is 0 Å². The number of hydrogen-bond acceptors (Lipinski definition) is 3. The molecule has 1 fully saturated rings. The van der Waals surface area contributed by atoms with E-state index in [1.807, 2.05) is 12.4 Å². The Morgan fingerprint density at radius 3 is 3.05 bits per heavy atom. The van der Waals surface area contributed by atoms with E-state index in [1.54, 1.807) is 0 Å². The van der Waals surface area contributed by atoms with Crippen molar-refractivity contribution < 1.29 is 0 Å². The Bertz CT molecular complexity index is 562. The zero-order valence-corrected chi connectivity index (χ0v) is 12.1. The molecule has 108 valence electrons. The Morgan fingerprint density at radius 1 is 1.40 bits per heavy atom. The van der Waals surface area contributed by atoms with Crippen LogP contribution in [0.25, 0.3) is 11.0 Å². The lowest BCUT2D eigenvalue weighted by Gasteiger charge is -2.33. The smallest absolute Gasteiger partial charge is 0.0958 e. The lowest BCUT2D eigenvalue weighted by molar-refractivity contribution is 0.209. The van der Waals surface area contributed by atoms with Gasteiger partial charge in [0.15, 0.2) is 0 Å². The first-order chi connectivity index (χ1) is 9.78. The van der Waals surface area contributed by atoms with Gasteiger partial charge in [0.25, 0.3) is 0 Å². The SMILES string of the molecule is CC1CCCC(C(Cn2cnc3ccccc32)NN)C1. The molecule has 1 heterocycles. The maximum Gasteiger partial charge on any atom is 0.0958 e. The van der Waals surface area contributed by atoms with E-state index in [2.05, 4.69) is 40.1 Å². The van der Waals surface area contributed by atoms with Crippen LogP contribution < -0.4 is 11.3 Å². The average Bonchev–Trinajstić information content (AvgIpc) is 2.88. The number of nitrogens with two attached hydrogens (primary N) is 1. The average molecular weight is 272 g/mol. The first-order valence-corrected chi connectivity index (χ1v) is 7.64. The van der Waals surface area contributed by atoms with Crippen LogP contribution >= 0.6 is 0 Å². The van der Waals surface area contributed by atoms with Gasteiger partial charge in [-0.2, -0.15) is 0 Å². The van der Waals surface area contributed by atoms with Crippen molar-refractivity contribution in [2.75, 3.05) is 0 Å². The van der Waals surface area contributed by atoms with Gasteiger partial charge in [0.1, 0.15) is 0 Å². The maximum atomic E-state index is 5.83. The van der Waals surface area contributed by atoms with E-state index in [-0.39, 0.29) is 0 Å². The normalized spacial score (nSPS) is 24.9. The molecule has 0 spiro atoms. The van der Waals surface area contributed by atoms with E-state index < -0.39 is 0 Å². The summed E-state index contributed by atoms with van der Waals surface area (Å²) < 4.78 is 2.22. The molecular weight excluding hydrogens is 248 g/mol. The molecule has 0 amide bonds. The molecule has 0 radical (unpaired) electrons. The summed E-state index contributed by atoms with van der Waals surface area (Å²) in [4.78, 5) is 4.46. The van der Waals surface area contributed by atoms with Gasteiger partial charge >= 0.3 is 0 Å². The highest BCUT2D eigenvalue weighted by Gasteiger charge is 2.26. The number of rotatable bonds is 4. The van der Waals surface area contributed by atoms with Crippen molar-refractivity contribution in [3.8, 4) is 0 Å². The maximum absolute atomic E-state index is 5.83. The highest BCUT2D eigenvalue weighted by Crippen LogP contribution is 2.31. The molecule has 1 aromatic carbocycles. The monoisotopic (exact) mass is 272 g/mol. The van der Waals surface area contributed by atoms with Crippen LogP contribution in [0.5, 0.6) is 0 Å².